The maximum Gasteiger partial charge on any atom is 0.182 e. The fourth-order valence-corrected chi connectivity index (χ4v) is 3.04. The SMILES string of the molecule is C[C@@H](CCOCc1ccc(Br)cc1C#N)n1cnnc1-c1cccc(N)n1. The van der Waals surface area contributed by atoms with Crippen LogP contribution in [0.25, 0.3) is 11.5 Å². The van der Waals surface area contributed by atoms with Crippen LogP contribution in [0.15, 0.2) is 47.2 Å². The molecule has 0 saturated heterocycles. The predicted molar refractivity (Wildman–Crippen MR) is 106 cm³/mol. The molecule has 0 aliphatic rings. The first-order chi connectivity index (χ1) is 13.1. The lowest BCUT2D eigenvalue weighted by Crippen LogP contribution is -2.10. The largest absolute Gasteiger partial charge is 0.384 e. The number of nitrogens with zero attached hydrogens (tertiary/aromatic N) is 5. The molecule has 0 aliphatic heterocycles. The van der Waals surface area contributed by atoms with E-state index in [9.17, 15) is 5.26 Å². The quantitative estimate of drug-likeness (QED) is 0.577. The lowest BCUT2D eigenvalue weighted by molar-refractivity contribution is 0.110. The number of ether oxygens (including phenoxy) is 1. The number of nitriles is 1. The lowest BCUT2D eigenvalue weighted by Gasteiger charge is -2.15. The van der Waals surface area contributed by atoms with Crippen molar-refractivity contribution >= 4 is 21.7 Å². The van der Waals surface area contributed by atoms with Gasteiger partial charge in [0.2, 0.25) is 0 Å². The third-order valence-electron chi connectivity index (χ3n) is 4.18. The van der Waals surface area contributed by atoms with Crippen LogP contribution >= 0.6 is 15.9 Å². The van der Waals surface area contributed by atoms with E-state index in [4.69, 9.17) is 10.5 Å². The van der Waals surface area contributed by atoms with E-state index in [2.05, 4.69) is 44.1 Å². The molecule has 0 aliphatic carbocycles. The summed E-state index contributed by atoms with van der Waals surface area (Å²) < 4.78 is 8.62. The Labute approximate surface area is 165 Å². The van der Waals surface area contributed by atoms with Crippen LogP contribution in [-0.2, 0) is 11.3 Å². The van der Waals surface area contributed by atoms with E-state index in [1.54, 1.807) is 18.5 Å². The van der Waals surface area contributed by atoms with Crippen molar-refractivity contribution in [2.75, 3.05) is 12.3 Å². The molecule has 0 fully saturated rings. The Balaban J connectivity index is 1.59. The van der Waals surface area contributed by atoms with Crippen molar-refractivity contribution in [1.29, 1.82) is 5.26 Å². The van der Waals surface area contributed by atoms with E-state index in [1.165, 1.54) is 0 Å². The molecule has 0 unspecified atom stereocenters. The summed E-state index contributed by atoms with van der Waals surface area (Å²) in [7, 11) is 0. The van der Waals surface area contributed by atoms with Crippen LogP contribution in [0.1, 0.15) is 30.5 Å². The summed E-state index contributed by atoms with van der Waals surface area (Å²) in [5.41, 5.74) is 7.95. The Morgan fingerprint density at radius 3 is 2.96 bits per heavy atom. The molecular weight excluding hydrogens is 408 g/mol. The second kappa shape index (κ2) is 8.75. The molecule has 3 rings (SSSR count). The Kier molecular flexibility index (Phi) is 6.16. The van der Waals surface area contributed by atoms with Gasteiger partial charge in [0.25, 0.3) is 0 Å². The van der Waals surface area contributed by atoms with Crippen LogP contribution in [0.3, 0.4) is 0 Å². The van der Waals surface area contributed by atoms with Gasteiger partial charge < -0.3 is 15.0 Å². The molecule has 2 N–H and O–H groups in total. The summed E-state index contributed by atoms with van der Waals surface area (Å²) >= 11 is 3.37. The molecule has 0 bridgehead atoms. The van der Waals surface area contributed by atoms with Gasteiger partial charge in [-0.2, -0.15) is 5.26 Å². The molecule has 2 heterocycles. The Hall–Kier alpha value is -2.76. The van der Waals surface area contributed by atoms with Gasteiger partial charge in [-0.3, -0.25) is 0 Å². The number of rotatable bonds is 7. The van der Waals surface area contributed by atoms with Crippen molar-refractivity contribution in [1.82, 2.24) is 19.7 Å². The van der Waals surface area contributed by atoms with E-state index in [1.807, 2.05) is 28.8 Å². The van der Waals surface area contributed by atoms with Gasteiger partial charge in [0.05, 0.1) is 18.2 Å². The van der Waals surface area contributed by atoms with Crippen molar-refractivity contribution in [3.05, 3.63) is 58.3 Å². The second-order valence-corrected chi connectivity index (χ2v) is 7.03. The highest BCUT2D eigenvalue weighted by Crippen LogP contribution is 2.22. The van der Waals surface area contributed by atoms with Gasteiger partial charge in [-0.25, -0.2) is 4.98 Å². The zero-order valence-corrected chi connectivity index (χ0v) is 16.4. The molecule has 0 spiro atoms. The van der Waals surface area contributed by atoms with Crippen LogP contribution in [0.4, 0.5) is 5.82 Å². The summed E-state index contributed by atoms with van der Waals surface area (Å²) in [6.45, 7) is 3.02. The molecule has 138 valence electrons. The molecule has 7 nitrogen and oxygen atoms in total. The maximum absolute atomic E-state index is 9.21. The molecule has 1 aromatic carbocycles. The van der Waals surface area contributed by atoms with Crippen molar-refractivity contribution in [3.8, 4) is 17.6 Å². The van der Waals surface area contributed by atoms with Crippen LogP contribution in [0.2, 0.25) is 0 Å². The second-order valence-electron chi connectivity index (χ2n) is 6.11. The molecular formula is C19H19BrN6O. The number of halogens is 1. The molecule has 0 amide bonds. The zero-order valence-electron chi connectivity index (χ0n) is 14.8. The third-order valence-corrected chi connectivity index (χ3v) is 4.67. The normalized spacial score (nSPS) is 11.9. The van der Waals surface area contributed by atoms with Gasteiger partial charge in [-0.1, -0.05) is 28.1 Å². The minimum atomic E-state index is 0.124. The topological polar surface area (TPSA) is 103 Å². The standard InChI is InChI=1S/C19H19BrN6O/c1-13(7-8-27-11-14-5-6-16(20)9-15(14)10-21)26-12-23-25-19(26)17-3-2-4-18(22)24-17/h2-6,9,12-13H,7-8,11H2,1H3,(H2,22,24)/t13-/m0/s1. The van der Waals surface area contributed by atoms with Gasteiger partial charge >= 0.3 is 0 Å². The van der Waals surface area contributed by atoms with Gasteiger partial charge in [0.15, 0.2) is 5.82 Å². The molecule has 1 atom stereocenters. The van der Waals surface area contributed by atoms with Crippen LogP contribution in [0.5, 0.6) is 0 Å². The summed E-state index contributed by atoms with van der Waals surface area (Å²) in [5.74, 6) is 1.12. The monoisotopic (exact) mass is 426 g/mol. The average Bonchev–Trinajstić information content (AvgIpc) is 3.16. The van der Waals surface area contributed by atoms with Gasteiger partial charge in [-0.15, -0.1) is 10.2 Å². The van der Waals surface area contributed by atoms with Crippen LogP contribution < -0.4 is 5.73 Å². The summed E-state index contributed by atoms with van der Waals surface area (Å²) in [6, 6.07) is 13.4. The fraction of sp³-hybridized carbons (Fsp3) is 0.263. The molecule has 0 radical (unpaired) electrons. The lowest BCUT2D eigenvalue weighted by atomic mass is 10.1. The van der Waals surface area contributed by atoms with Gasteiger partial charge in [0.1, 0.15) is 17.8 Å². The van der Waals surface area contributed by atoms with E-state index in [-0.39, 0.29) is 6.04 Å². The minimum absolute atomic E-state index is 0.124. The summed E-state index contributed by atoms with van der Waals surface area (Å²) in [4.78, 5) is 4.31. The number of benzene rings is 1. The molecule has 8 heteroatoms. The average molecular weight is 427 g/mol. The highest BCUT2D eigenvalue weighted by molar-refractivity contribution is 9.10. The van der Waals surface area contributed by atoms with E-state index >= 15 is 0 Å². The first-order valence-corrected chi connectivity index (χ1v) is 9.26. The molecule has 27 heavy (non-hydrogen) atoms. The van der Waals surface area contributed by atoms with E-state index in [0.717, 1.165) is 16.5 Å². The van der Waals surface area contributed by atoms with Crippen molar-refractivity contribution in [2.45, 2.75) is 26.0 Å². The van der Waals surface area contributed by atoms with E-state index in [0.29, 0.717) is 36.1 Å². The zero-order chi connectivity index (χ0) is 19.2. The number of pyridine rings is 1. The molecule has 0 saturated carbocycles. The predicted octanol–water partition coefficient (Wildman–Crippen LogP) is 3.72. The Bertz CT molecular complexity index is 965. The minimum Gasteiger partial charge on any atom is -0.384 e. The van der Waals surface area contributed by atoms with Crippen LogP contribution in [-0.4, -0.2) is 26.4 Å². The number of nitrogens with two attached hydrogens (primary N) is 1. The van der Waals surface area contributed by atoms with Crippen molar-refractivity contribution < 1.29 is 4.74 Å². The van der Waals surface area contributed by atoms with E-state index < -0.39 is 0 Å². The number of anilines is 1. The van der Waals surface area contributed by atoms with Crippen LogP contribution in [0, 0.1) is 11.3 Å². The number of nitrogen functional groups attached to an aromatic ring is 1. The smallest absolute Gasteiger partial charge is 0.182 e. The summed E-state index contributed by atoms with van der Waals surface area (Å²) in [5, 5.41) is 17.4. The first kappa shape index (κ1) is 19.0. The number of aromatic nitrogens is 4. The number of hydrogen-bond acceptors (Lipinski definition) is 6. The Morgan fingerprint density at radius 2 is 2.19 bits per heavy atom. The number of hydrogen-bond donors (Lipinski definition) is 1. The maximum atomic E-state index is 9.21. The Morgan fingerprint density at radius 1 is 1.33 bits per heavy atom. The highest BCUT2D eigenvalue weighted by Gasteiger charge is 2.14. The fourth-order valence-electron chi connectivity index (χ4n) is 2.68. The van der Waals surface area contributed by atoms with Crippen molar-refractivity contribution in [3.63, 3.8) is 0 Å². The molecule has 2 aromatic heterocycles. The third kappa shape index (κ3) is 4.70. The highest BCUT2D eigenvalue weighted by atomic mass is 79.9. The molecule has 3 aromatic rings. The first-order valence-electron chi connectivity index (χ1n) is 8.47. The van der Waals surface area contributed by atoms with Gasteiger partial charge in [-0.05, 0) is 43.2 Å². The summed E-state index contributed by atoms with van der Waals surface area (Å²) in [6.07, 6.45) is 2.46. The van der Waals surface area contributed by atoms with Gasteiger partial charge in [0, 0.05) is 17.1 Å². The van der Waals surface area contributed by atoms with Crippen molar-refractivity contribution in [2.24, 2.45) is 0 Å².